The van der Waals surface area contributed by atoms with E-state index in [4.69, 9.17) is 0 Å². The van der Waals surface area contributed by atoms with E-state index in [2.05, 4.69) is 31.9 Å². The van der Waals surface area contributed by atoms with Crippen molar-refractivity contribution < 1.29 is 39.6 Å². The highest BCUT2D eigenvalue weighted by Crippen LogP contribution is 2.53. The van der Waals surface area contributed by atoms with E-state index in [-0.39, 0.29) is 22.3 Å². The van der Waals surface area contributed by atoms with Gasteiger partial charge in [-0.05, 0) is 103 Å². The molecule has 0 fully saturated rings. The van der Waals surface area contributed by atoms with Crippen LogP contribution in [0.15, 0.2) is 106 Å². The van der Waals surface area contributed by atoms with Gasteiger partial charge >= 0.3 is 23.9 Å². The molecular formula is C34H20Br2O8. The van der Waals surface area contributed by atoms with Crippen LogP contribution < -0.4 is 0 Å². The Bertz CT molecular complexity index is 1660. The second-order valence-corrected chi connectivity index (χ2v) is 11.2. The lowest BCUT2D eigenvalue weighted by molar-refractivity contribution is 0.0686. The molecule has 218 valence electrons. The summed E-state index contributed by atoms with van der Waals surface area (Å²) in [6.45, 7) is 0. The normalized spacial score (nSPS) is 10.8. The molecule has 0 aliphatic heterocycles. The molecule has 5 aromatic carbocycles. The van der Waals surface area contributed by atoms with Crippen LogP contribution in [-0.4, -0.2) is 44.3 Å². The van der Waals surface area contributed by atoms with Crippen molar-refractivity contribution in [2.75, 3.05) is 0 Å². The first kappa shape index (κ1) is 30.4. The number of hydrogen-bond donors (Lipinski definition) is 4. The fraction of sp³-hybridized carbons (Fsp3) is 0. The smallest absolute Gasteiger partial charge is 0.335 e. The molecule has 0 atom stereocenters. The zero-order valence-corrected chi connectivity index (χ0v) is 25.6. The lowest BCUT2D eigenvalue weighted by atomic mass is 9.85. The summed E-state index contributed by atoms with van der Waals surface area (Å²) in [5, 5.41) is 37.9. The van der Waals surface area contributed by atoms with E-state index >= 15 is 0 Å². The Balaban J connectivity index is 1.90. The molecule has 0 spiro atoms. The van der Waals surface area contributed by atoms with Gasteiger partial charge in [-0.3, -0.25) is 0 Å². The van der Waals surface area contributed by atoms with Gasteiger partial charge in [-0.25, -0.2) is 19.2 Å². The average molecular weight is 716 g/mol. The van der Waals surface area contributed by atoms with Gasteiger partial charge in [-0.15, -0.1) is 0 Å². The molecule has 0 unspecified atom stereocenters. The summed E-state index contributed by atoms with van der Waals surface area (Å²) >= 11 is 7.63. The molecule has 0 aliphatic carbocycles. The minimum Gasteiger partial charge on any atom is -0.478 e. The highest BCUT2D eigenvalue weighted by molar-refractivity contribution is 9.11. The first-order valence-electron chi connectivity index (χ1n) is 12.9. The Hall–Kier alpha value is -5.06. The van der Waals surface area contributed by atoms with Crippen molar-refractivity contribution in [2.45, 2.75) is 0 Å². The molecule has 0 saturated heterocycles. The Morgan fingerprint density at radius 2 is 0.500 bits per heavy atom. The number of carboxylic acid groups (broad SMARTS) is 4. The Labute approximate surface area is 267 Å². The van der Waals surface area contributed by atoms with E-state index in [1.165, 1.54) is 48.5 Å². The maximum absolute atomic E-state index is 11.6. The second kappa shape index (κ2) is 12.3. The largest absolute Gasteiger partial charge is 0.478 e. The van der Waals surface area contributed by atoms with Crippen molar-refractivity contribution in [3.63, 3.8) is 0 Å². The summed E-state index contributed by atoms with van der Waals surface area (Å²) < 4.78 is 1.17. The number of halogens is 2. The lowest BCUT2D eigenvalue weighted by Gasteiger charge is -2.24. The molecule has 0 amide bonds. The summed E-state index contributed by atoms with van der Waals surface area (Å²) in [4.78, 5) is 46.3. The van der Waals surface area contributed by atoms with Crippen LogP contribution in [0.3, 0.4) is 0 Å². The van der Waals surface area contributed by atoms with Gasteiger partial charge in [0, 0.05) is 31.2 Å². The second-order valence-electron chi connectivity index (χ2n) is 9.66. The van der Waals surface area contributed by atoms with Crippen molar-refractivity contribution >= 4 is 55.7 Å². The molecule has 44 heavy (non-hydrogen) atoms. The summed E-state index contributed by atoms with van der Waals surface area (Å²) in [6, 6.07) is 25.2. The molecule has 0 saturated carbocycles. The molecule has 0 aromatic heterocycles. The van der Waals surface area contributed by atoms with Gasteiger partial charge in [-0.2, -0.15) is 0 Å². The van der Waals surface area contributed by atoms with Gasteiger partial charge in [-0.1, -0.05) is 48.5 Å². The first-order chi connectivity index (χ1) is 21.0. The zero-order chi connectivity index (χ0) is 31.7. The van der Waals surface area contributed by atoms with Crippen LogP contribution in [0.1, 0.15) is 41.4 Å². The van der Waals surface area contributed by atoms with Gasteiger partial charge in [0.1, 0.15) is 0 Å². The average Bonchev–Trinajstić information content (AvgIpc) is 3.01. The third-order valence-corrected chi connectivity index (χ3v) is 8.65. The van der Waals surface area contributed by atoms with Gasteiger partial charge < -0.3 is 20.4 Å². The molecule has 0 bridgehead atoms. The lowest BCUT2D eigenvalue weighted by Crippen LogP contribution is -2.01. The van der Waals surface area contributed by atoms with Gasteiger partial charge in [0.15, 0.2) is 0 Å². The minimum atomic E-state index is -1.08. The minimum absolute atomic E-state index is 0.0934. The van der Waals surface area contributed by atoms with Crippen LogP contribution in [0.4, 0.5) is 0 Å². The molecule has 4 N–H and O–H groups in total. The van der Waals surface area contributed by atoms with Crippen LogP contribution in [0.25, 0.3) is 44.5 Å². The molecule has 0 aliphatic rings. The van der Waals surface area contributed by atoms with Crippen LogP contribution in [0, 0.1) is 0 Å². The van der Waals surface area contributed by atoms with Gasteiger partial charge in [0.25, 0.3) is 0 Å². The summed E-state index contributed by atoms with van der Waals surface area (Å²) in [6.07, 6.45) is 0. The Kier molecular flexibility index (Phi) is 8.48. The van der Waals surface area contributed by atoms with Crippen molar-refractivity contribution in [3.05, 3.63) is 128 Å². The SMILES string of the molecule is O=C(O)c1ccc(-c2c(Br)c(-c3ccc(C(=O)O)cc3)c(-c3ccc(C(=O)O)cc3)c(Br)c2-c2ccc(C(=O)O)cc2)cc1. The van der Waals surface area contributed by atoms with E-state index in [1.54, 1.807) is 48.5 Å². The van der Waals surface area contributed by atoms with E-state index in [0.717, 1.165) is 0 Å². The molecule has 5 rings (SSSR count). The van der Waals surface area contributed by atoms with Gasteiger partial charge in [0.05, 0.1) is 22.3 Å². The third-order valence-electron chi connectivity index (χ3n) is 7.06. The molecule has 8 nitrogen and oxygen atoms in total. The van der Waals surface area contributed by atoms with E-state index in [0.29, 0.717) is 53.5 Å². The van der Waals surface area contributed by atoms with E-state index in [1.807, 2.05) is 0 Å². The highest BCUT2D eigenvalue weighted by Gasteiger charge is 2.26. The summed E-state index contributed by atoms with van der Waals surface area (Å²) in [7, 11) is 0. The van der Waals surface area contributed by atoms with Crippen molar-refractivity contribution in [1.82, 2.24) is 0 Å². The number of aromatic carboxylic acids is 4. The molecular weight excluding hydrogens is 696 g/mol. The van der Waals surface area contributed by atoms with Crippen molar-refractivity contribution in [3.8, 4) is 44.5 Å². The van der Waals surface area contributed by atoms with Crippen molar-refractivity contribution in [2.24, 2.45) is 0 Å². The molecule has 5 aromatic rings. The number of carbonyl (C=O) groups is 4. The third kappa shape index (κ3) is 5.77. The van der Waals surface area contributed by atoms with E-state index < -0.39 is 23.9 Å². The molecule has 10 heteroatoms. The number of hydrogen-bond acceptors (Lipinski definition) is 4. The molecule has 0 radical (unpaired) electrons. The van der Waals surface area contributed by atoms with Crippen LogP contribution >= 0.6 is 31.9 Å². The number of benzene rings is 5. The predicted molar refractivity (Wildman–Crippen MR) is 171 cm³/mol. The fourth-order valence-electron chi connectivity index (χ4n) is 4.89. The Morgan fingerprint density at radius 3 is 0.636 bits per heavy atom. The van der Waals surface area contributed by atoms with Gasteiger partial charge in [0.2, 0.25) is 0 Å². The maximum atomic E-state index is 11.6. The van der Waals surface area contributed by atoms with Crippen molar-refractivity contribution in [1.29, 1.82) is 0 Å². The summed E-state index contributed by atoms with van der Waals surface area (Å²) in [5.41, 5.74) is 5.58. The topological polar surface area (TPSA) is 149 Å². The zero-order valence-electron chi connectivity index (χ0n) is 22.4. The predicted octanol–water partition coefficient (Wildman–Crippen LogP) is 8.67. The standard InChI is InChI=1S/C34H20Br2O8/c35-29-25(17-1-9-21(10-2-17)31(37)38)26(18-3-11-22(12-4-18)32(39)40)30(36)28(20-7-15-24(16-8-20)34(43)44)27(29)19-5-13-23(14-6-19)33(41)42/h1-16H,(H,37,38)(H,39,40)(H,41,42)(H,43,44). The molecule has 0 heterocycles. The number of carboxylic acids is 4. The maximum Gasteiger partial charge on any atom is 0.335 e. The number of rotatable bonds is 8. The Morgan fingerprint density at radius 1 is 0.341 bits per heavy atom. The van der Waals surface area contributed by atoms with Crippen LogP contribution in [0.2, 0.25) is 0 Å². The summed E-state index contributed by atoms with van der Waals surface area (Å²) in [5.74, 6) is -4.33. The quantitative estimate of drug-likeness (QED) is 0.125. The van der Waals surface area contributed by atoms with E-state index in [9.17, 15) is 39.6 Å². The fourth-order valence-corrected chi connectivity index (χ4v) is 6.60. The van der Waals surface area contributed by atoms with Crippen LogP contribution in [0.5, 0.6) is 0 Å². The van der Waals surface area contributed by atoms with Crippen LogP contribution in [-0.2, 0) is 0 Å². The monoisotopic (exact) mass is 714 g/mol. The highest BCUT2D eigenvalue weighted by atomic mass is 79.9. The first-order valence-corrected chi connectivity index (χ1v) is 14.5.